The predicted octanol–water partition coefficient (Wildman–Crippen LogP) is 5.49. The molecular weight excluding hydrogens is 298 g/mol. The molecule has 0 amide bonds. The van der Waals surface area contributed by atoms with Gasteiger partial charge in [0, 0.05) is 11.1 Å². The lowest BCUT2D eigenvalue weighted by molar-refractivity contribution is 0.548. The number of rotatable bonds is 6. The molecule has 19 heavy (non-hydrogen) atoms. The quantitative estimate of drug-likeness (QED) is 0.686. The van der Waals surface area contributed by atoms with Crippen LogP contribution in [0.15, 0.2) is 47.5 Å². The second kappa shape index (κ2) is 7.44. The van der Waals surface area contributed by atoms with Crippen molar-refractivity contribution in [3.8, 4) is 0 Å². The number of pyridine rings is 1. The Balaban J connectivity index is 2.13. The maximum absolute atomic E-state index is 4.76. The second-order valence-corrected chi connectivity index (χ2v) is 5.45. The molecule has 0 N–H and O–H groups in total. The molecule has 0 saturated carbocycles. The Morgan fingerprint density at radius 1 is 1.21 bits per heavy atom. The van der Waals surface area contributed by atoms with E-state index in [-0.39, 0.29) is 0 Å². The molecule has 2 aromatic rings. The summed E-state index contributed by atoms with van der Waals surface area (Å²) in [6.45, 7) is 2.24. The molecule has 1 unspecified atom stereocenters. The van der Waals surface area contributed by atoms with E-state index in [2.05, 4.69) is 59.3 Å². The van der Waals surface area contributed by atoms with Crippen molar-refractivity contribution in [1.29, 1.82) is 0 Å². The highest BCUT2D eigenvalue weighted by molar-refractivity contribution is 9.11. The highest BCUT2D eigenvalue weighted by Gasteiger charge is 2.07. The largest absolute Gasteiger partial charge is 0.253 e. The van der Waals surface area contributed by atoms with Crippen molar-refractivity contribution >= 4 is 26.8 Å². The van der Waals surface area contributed by atoms with Gasteiger partial charge < -0.3 is 0 Å². The molecule has 0 spiro atoms. The van der Waals surface area contributed by atoms with Crippen molar-refractivity contribution in [2.45, 2.75) is 32.6 Å². The van der Waals surface area contributed by atoms with E-state index in [1.54, 1.807) is 0 Å². The number of unbranched alkanes of at least 4 members (excludes halogenated alkanes) is 1. The van der Waals surface area contributed by atoms with Crippen LogP contribution in [0.3, 0.4) is 0 Å². The molecule has 0 fully saturated rings. The lowest BCUT2D eigenvalue weighted by Gasteiger charge is -2.12. The first kappa shape index (κ1) is 14.3. The summed E-state index contributed by atoms with van der Waals surface area (Å²) in [5, 5.41) is 1.22. The number of hydrogen-bond acceptors (Lipinski definition) is 1. The van der Waals surface area contributed by atoms with Crippen LogP contribution in [-0.2, 0) is 6.42 Å². The van der Waals surface area contributed by atoms with E-state index in [1.807, 2.05) is 11.1 Å². The molecule has 100 valence electrons. The smallest absolute Gasteiger partial charge is 0.0705 e. The van der Waals surface area contributed by atoms with E-state index >= 15 is 0 Å². The molecule has 1 atom stereocenters. The zero-order valence-corrected chi connectivity index (χ0v) is 12.9. The van der Waals surface area contributed by atoms with Gasteiger partial charge in [-0.15, -0.1) is 0 Å². The van der Waals surface area contributed by atoms with Crippen LogP contribution in [0.1, 0.15) is 31.9 Å². The molecular formula is C17H20BrN. The van der Waals surface area contributed by atoms with Gasteiger partial charge >= 0.3 is 0 Å². The van der Waals surface area contributed by atoms with E-state index in [0.29, 0.717) is 5.92 Å². The predicted molar refractivity (Wildman–Crippen MR) is 86.5 cm³/mol. The van der Waals surface area contributed by atoms with E-state index in [9.17, 15) is 0 Å². The Hall–Kier alpha value is -1.15. The molecule has 0 saturated heterocycles. The van der Waals surface area contributed by atoms with E-state index in [1.165, 1.54) is 30.3 Å². The summed E-state index contributed by atoms with van der Waals surface area (Å²) >= 11 is 3.39. The third-order valence-corrected chi connectivity index (χ3v) is 3.71. The maximum atomic E-state index is 4.76. The lowest BCUT2D eigenvalue weighted by atomic mass is 9.96. The standard InChI is InChI=1S/C17H20BrN/c1-2-3-6-14(11-12-18)13-16-10-9-15-7-4-5-8-17(15)19-16/h4-5,7-12,14H,2-3,6,13H2,1H3. The molecule has 0 radical (unpaired) electrons. The van der Waals surface area contributed by atoms with Gasteiger partial charge in [0.15, 0.2) is 0 Å². The van der Waals surface area contributed by atoms with Crippen LogP contribution in [0, 0.1) is 5.92 Å². The van der Waals surface area contributed by atoms with Crippen LogP contribution in [0.5, 0.6) is 0 Å². The molecule has 0 aliphatic heterocycles. The van der Waals surface area contributed by atoms with Gasteiger partial charge in [-0.1, -0.05) is 66.0 Å². The summed E-state index contributed by atoms with van der Waals surface area (Å²) in [6.07, 6.45) is 7.01. The Kier molecular flexibility index (Phi) is 5.59. The number of halogens is 1. The van der Waals surface area contributed by atoms with Gasteiger partial charge in [0.2, 0.25) is 0 Å². The van der Waals surface area contributed by atoms with Gasteiger partial charge in [-0.2, -0.15) is 0 Å². The van der Waals surface area contributed by atoms with Gasteiger partial charge in [-0.25, -0.2) is 0 Å². The third kappa shape index (κ3) is 4.17. The van der Waals surface area contributed by atoms with Crippen LogP contribution >= 0.6 is 15.9 Å². The number of para-hydroxylation sites is 1. The maximum Gasteiger partial charge on any atom is 0.0705 e. The summed E-state index contributed by atoms with van der Waals surface area (Å²) in [5.41, 5.74) is 2.28. The summed E-state index contributed by atoms with van der Waals surface area (Å²) in [6, 6.07) is 12.6. The number of hydrogen-bond donors (Lipinski definition) is 0. The van der Waals surface area contributed by atoms with Crippen LogP contribution in [0.2, 0.25) is 0 Å². The number of nitrogens with zero attached hydrogens (tertiary/aromatic N) is 1. The molecule has 2 rings (SSSR count). The van der Waals surface area contributed by atoms with Gasteiger partial charge in [0.1, 0.15) is 0 Å². The topological polar surface area (TPSA) is 12.9 Å². The molecule has 0 bridgehead atoms. The minimum absolute atomic E-state index is 0.577. The number of aromatic nitrogens is 1. The second-order valence-electron chi connectivity index (χ2n) is 4.92. The van der Waals surface area contributed by atoms with Gasteiger partial charge in [0.05, 0.1) is 5.52 Å². The highest BCUT2D eigenvalue weighted by Crippen LogP contribution is 2.19. The Morgan fingerprint density at radius 3 is 2.84 bits per heavy atom. The Morgan fingerprint density at radius 2 is 2.05 bits per heavy atom. The third-order valence-electron chi connectivity index (χ3n) is 3.40. The fourth-order valence-electron chi connectivity index (χ4n) is 2.33. The molecule has 1 heterocycles. The Bertz CT molecular complexity index is 548. The van der Waals surface area contributed by atoms with E-state index in [0.717, 1.165) is 11.9 Å². The fraction of sp³-hybridized carbons (Fsp3) is 0.353. The molecule has 0 aliphatic rings. The van der Waals surface area contributed by atoms with Crippen molar-refractivity contribution < 1.29 is 0 Å². The summed E-state index contributed by atoms with van der Waals surface area (Å²) in [5.74, 6) is 0.577. The van der Waals surface area contributed by atoms with Crippen LogP contribution in [-0.4, -0.2) is 4.98 Å². The summed E-state index contributed by atoms with van der Waals surface area (Å²) in [4.78, 5) is 6.74. The normalized spacial score (nSPS) is 13.2. The van der Waals surface area contributed by atoms with Gasteiger partial charge in [0.25, 0.3) is 0 Å². The average Bonchev–Trinajstić information content (AvgIpc) is 2.45. The zero-order chi connectivity index (χ0) is 13.5. The minimum atomic E-state index is 0.577. The van der Waals surface area contributed by atoms with Crippen LogP contribution < -0.4 is 0 Å². The molecule has 2 heteroatoms. The first-order valence-electron chi connectivity index (χ1n) is 6.95. The summed E-state index contributed by atoms with van der Waals surface area (Å²) in [7, 11) is 0. The minimum Gasteiger partial charge on any atom is -0.253 e. The van der Waals surface area contributed by atoms with Crippen LogP contribution in [0.4, 0.5) is 0 Å². The van der Waals surface area contributed by atoms with Crippen molar-refractivity contribution in [2.75, 3.05) is 0 Å². The van der Waals surface area contributed by atoms with Crippen molar-refractivity contribution in [3.63, 3.8) is 0 Å². The molecule has 1 aromatic heterocycles. The highest BCUT2D eigenvalue weighted by atomic mass is 79.9. The molecule has 1 aromatic carbocycles. The lowest BCUT2D eigenvalue weighted by Crippen LogP contribution is -2.03. The fourth-order valence-corrected chi connectivity index (χ4v) is 2.76. The number of allylic oxidation sites excluding steroid dienone is 1. The first-order chi connectivity index (χ1) is 9.33. The van der Waals surface area contributed by atoms with Gasteiger partial charge in [-0.05, 0) is 35.9 Å². The van der Waals surface area contributed by atoms with Crippen LogP contribution in [0.25, 0.3) is 10.9 Å². The molecule has 1 nitrogen and oxygen atoms in total. The number of fused-ring (bicyclic) bond motifs is 1. The van der Waals surface area contributed by atoms with E-state index < -0.39 is 0 Å². The summed E-state index contributed by atoms with van der Waals surface area (Å²) < 4.78 is 0. The van der Waals surface area contributed by atoms with E-state index in [4.69, 9.17) is 4.98 Å². The van der Waals surface area contributed by atoms with Crippen molar-refractivity contribution in [1.82, 2.24) is 4.98 Å². The zero-order valence-electron chi connectivity index (χ0n) is 11.3. The first-order valence-corrected chi connectivity index (χ1v) is 7.86. The monoisotopic (exact) mass is 317 g/mol. The van der Waals surface area contributed by atoms with Crippen molar-refractivity contribution in [3.05, 3.63) is 53.2 Å². The SMILES string of the molecule is CCCCC(C=CBr)Cc1ccc2ccccc2n1. The number of benzene rings is 1. The van der Waals surface area contributed by atoms with Gasteiger partial charge in [-0.3, -0.25) is 4.98 Å². The Labute approximate surface area is 123 Å². The average molecular weight is 318 g/mol. The van der Waals surface area contributed by atoms with Crippen molar-refractivity contribution in [2.24, 2.45) is 5.92 Å². The molecule has 0 aliphatic carbocycles.